The van der Waals surface area contributed by atoms with Gasteiger partial charge in [0.05, 0.1) is 6.10 Å². The highest BCUT2D eigenvalue weighted by Crippen LogP contribution is 2.31. The predicted octanol–water partition coefficient (Wildman–Crippen LogP) is 3.61. The van der Waals surface area contributed by atoms with Gasteiger partial charge in [-0.25, -0.2) is 0 Å². The van der Waals surface area contributed by atoms with Crippen LogP contribution >= 0.6 is 11.8 Å². The second kappa shape index (κ2) is 6.48. The lowest BCUT2D eigenvalue weighted by atomic mass is 10.0. The highest BCUT2D eigenvalue weighted by atomic mass is 32.2. The average Bonchev–Trinajstić information content (AvgIpc) is 2.80. The van der Waals surface area contributed by atoms with Gasteiger partial charge in [0.25, 0.3) is 0 Å². The summed E-state index contributed by atoms with van der Waals surface area (Å²) in [6.45, 7) is 2.07. The van der Waals surface area contributed by atoms with Crippen LogP contribution in [0.2, 0.25) is 0 Å². The third-order valence-corrected chi connectivity index (χ3v) is 5.03. The standard InChI is InChI=1S/C15H23NOS/c1-11-8-13(16)6-7-15(11)18-10-14(17)9-12-4-2-3-5-12/h6-8,12,14,17H,2-5,9-10,16H2,1H3. The molecule has 0 aliphatic heterocycles. The Bertz CT molecular complexity index is 388. The molecule has 1 aromatic carbocycles. The number of benzene rings is 1. The highest BCUT2D eigenvalue weighted by molar-refractivity contribution is 7.99. The van der Waals surface area contributed by atoms with E-state index in [1.54, 1.807) is 11.8 Å². The summed E-state index contributed by atoms with van der Waals surface area (Å²) in [5.41, 5.74) is 7.74. The molecule has 1 aliphatic rings. The molecule has 0 saturated heterocycles. The van der Waals surface area contributed by atoms with Crippen LogP contribution in [0.5, 0.6) is 0 Å². The van der Waals surface area contributed by atoms with E-state index in [0.29, 0.717) is 0 Å². The van der Waals surface area contributed by atoms with Crippen molar-refractivity contribution in [3.63, 3.8) is 0 Å². The smallest absolute Gasteiger partial charge is 0.0636 e. The summed E-state index contributed by atoms with van der Waals surface area (Å²) >= 11 is 1.74. The van der Waals surface area contributed by atoms with Gasteiger partial charge in [-0.05, 0) is 43.0 Å². The van der Waals surface area contributed by atoms with Crippen molar-refractivity contribution in [3.05, 3.63) is 23.8 Å². The van der Waals surface area contributed by atoms with Crippen LogP contribution in [-0.2, 0) is 0 Å². The second-order valence-corrected chi connectivity index (χ2v) is 6.44. The van der Waals surface area contributed by atoms with Gasteiger partial charge in [-0.3, -0.25) is 0 Å². The molecule has 100 valence electrons. The fourth-order valence-electron chi connectivity index (χ4n) is 2.72. The maximum absolute atomic E-state index is 10.1. The van der Waals surface area contributed by atoms with E-state index in [2.05, 4.69) is 13.0 Å². The summed E-state index contributed by atoms with van der Waals surface area (Å²) in [6.07, 6.45) is 6.12. The van der Waals surface area contributed by atoms with Gasteiger partial charge in [-0.1, -0.05) is 25.7 Å². The maximum atomic E-state index is 10.1. The Balaban J connectivity index is 1.79. The number of nitrogen functional groups attached to an aromatic ring is 1. The second-order valence-electron chi connectivity index (χ2n) is 5.38. The molecule has 0 bridgehead atoms. The first-order chi connectivity index (χ1) is 8.65. The molecule has 1 aliphatic carbocycles. The summed E-state index contributed by atoms with van der Waals surface area (Å²) < 4.78 is 0. The summed E-state index contributed by atoms with van der Waals surface area (Å²) in [7, 11) is 0. The molecule has 1 saturated carbocycles. The molecule has 2 nitrogen and oxygen atoms in total. The molecule has 3 heteroatoms. The monoisotopic (exact) mass is 265 g/mol. The minimum atomic E-state index is -0.171. The van der Waals surface area contributed by atoms with E-state index < -0.39 is 0 Å². The predicted molar refractivity (Wildman–Crippen MR) is 78.9 cm³/mol. The van der Waals surface area contributed by atoms with Crippen molar-refractivity contribution in [1.82, 2.24) is 0 Å². The Labute approximate surface area is 114 Å². The van der Waals surface area contributed by atoms with Crippen LogP contribution in [-0.4, -0.2) is 17.0 Å². The lowest BCUT2D eigenvalue weighted by Crippen LogP contribution is -2.14. The van der Waals surface area contributed by atoms with Crippen LogP contribution in [0.4, 0.5) is 5.69 Å². The van der Waals surface area contributed by atoms with E-state index in [4.69, 9.17) is 5.73 Å². The SMILES string of the molecule is Cc1cc(N)ccc1SCC(O)CC1CCCC1. The minimum Gasteiger partial charge on any atom is -0.399 e. The Morgan fingerprint density at radius 3 is 2.78 bits per heavy atom. The Hall–Kier alpha value is -0.670. The Morgan fingerprint density at radius 2 is 2.11 bits per heavy atom. The van der Waals surface area contributed by atoms with Crippen LogP contribution in [0.15, 0.2) is 23.1 Å². The first-order valence-corrected chi connectivity index (χ1v) is 7.80. The molecule has 1 unspecified atom stereocenters. The van der Waals surface area contributed by atoms with Crippen LogP contribution in [0.3, 0.4) is 0 Å². The third kappa shape index (κ3) is 3.92. The molecule has 0 aromatic heterocycles. The van der Waals surface area contributed by atoms with Gasteiger partial charge in [-0.2, -0.15) is 0 Å². The van der Waals surface area contributed by atoms with Gasteiger partial charge in [0.2, 0.25) is 0 Å². The molecule has 0 amide bonds. The third-order valence-electron chi connectivity index (χ3n) is 3.71. The van der Waals surface area contributed by atoms with Gasteiger partial charge in [0.1, 0.15) is 0 Å². The van der Waals surface area contributed by atoms with Crippen molar-refractivity contribution >= 4 is 17.4 Å². The zero-order valence-corrected chi connectivity index (χ0v) is 11.9. The lowest BCUT2D eigenvalue weighted by Gasteiger charge is -2.15. The van der Waals surface area contributed by atoms with Gasteiger partial charge >= 0.3 is 0 Å². The number of rotatable bonds is 5. The fraction of sp³-hybridized carbons (Fsp3) is 0.600. The molecule has 18 heavy (non-hydrogen) atoms. The highest BCUT2D eigenvalue weighted by Gasteiger charge is 2.18. The molecule has 0 radical (unpaired) electrons. The maximum Gasteiger partial charge on any atom is 0.0636 e. The average molecular weight is 265 g/mol. The van der Waals surface area contributed by atoms with E-state index in [1.165, 1.54) is 36.1 Å². The molecule has 0 heterocycles. The normalized spacial score (nSPS) is 18.1. The van der Waals surface area contributed by atoms with E-state index in [1.807, 2.05) is 12.1 Å². The van der Waals surface area contributed by atoms with Crippen LogP contribution < -0.4 is 5.73 Å². The Morgan fingerprint density at radius 1 is 1.39 bits per heavy atom. The van der Waals surface area contributed by atoms with Crippen LogP contribution in [0.25, 0.3) is 0 Å². The number of hydrogen-bond acceptors (Lipinski definition) is 3. The quantitative estimate of drug-likeness (QED) is 0.631. The van der Waals surface area contributed by atoms with Crippen LogP contribution in [0, 0.1) is 12.8 Å². The number of aryl methyl sites for hydroxylation is 1. The number of thioether (sulfide) groups is 1. The molecule has 1 aromatic rings. The van der Waals surface area contributed by atoms with Crippen molar-refractivity contribution in [2.45, 2.75) is 50.0 Å². The first-order valence-electron chi connectivity index (χ1n) is 6.82. The molecular formula is C15H23NOS. The molecule has 3 N–H and O–H groups in total. The number of anilines is 1. The first kappa shape index (κ1) is 13.8. The zero-order valence-electron chi connectivity index (χ0n) is 11.1. The topological polar surface area (TPSA) is 46.2 Å². The molecular weight excluding hydrogens is 242 g/mol. The summed E-state index contributed by atoms with van der Waals surface area (Å²) in [4.78, 5) is 1.23. The van der Waals surface area contributed by atoms with Crippen LogP contribution in [0.1, 0.15) is 37.7 Å². The molecule has 0 spiro atoms. The summed E-state index contributed by atoms with van der Waals surface area (Å²) in [6, 6.07) is 5.97. The van der Waals surface area contributed by atoms with E-state index >= 15 is 0 Å². The largest absolute Gasteiger partial charge is 0.399 e. The summed E-state index contributed by atoms with van der Waals surface area (Å²) in [5.74, 6) is 1.55. The van der Waals surface area contributed by atoms with Crippen molar-refractivity contribution in [1.29, 1.82) is 0 Å². The summed E-state index contributed by atoms with van der Waals surface area (Å²) in [5, 5.41) is 10.1. The number of aliphatic hydroxyl groups excluding tert-OH is 1. The van der Waals surface area contributed by atoms with Gasteiger partial charge in [0, 0.05) is 16.3 Å². The van der Waals surface area contributed by atoms with Crippen molar-refractivity contribution in [2.24, 2.45) is 5.92 Å². The van der Waals surface area contributed by atoms with Crippen molar-refractivity contribution in [3.8, 4) is 0 Å². The fourth-order valence-corrected chi connectivity index (χ4v) is 3.68. The van der Waals surface area contributed by atoms with Gasteiger partial charge in [-0.15, -0.1) is 11.8 Å². The van der Waals surface area contributed by atoms with E-state index in [0.717, 1.165) is 23.8 Å². The minimum absolute atomic E-state index is 0.171. The van der Waals surface area contributed by atoms with Gasteiger partial charge < -0.3 is 10.8 Å². The van der Waals surface area contributed by atoms with E-state index in [9.17, 15) is 5.11 Å². The van der Waals surface area contributed by atoms with Gasteiger partial charge in [0.15, 0.2) is 0 Å². The number of nitrogens with two attached hydrogens (primary N) is 1. The number of aliphatic hydroxyl groups is 1. The van der Waals surface area contributed by atoms with Crippen molar-refractivity contribution in [2.75, 3.05) is 11.5 Å². The van der Waals surface area contributed by atoms with Crippen molar-refractivity contribution < 1.29 is 5.11 Å². The number of hydrogen-bond donors (Lipinski definition) is 2. The van der Waals surface area contributed by atoms with E-state index in [-0.39, 0.29) is 6.10 Å². The molecule has 1 fully saturated rings. The zero-order chi connectivity index (χ0) is 13.0. The lowest BCUT2D eigenvalue weighted by molar-refractivity contribution is 0.166. The molecule has 2 rings (SSSR count). The molecule has 1 atom stereocenters. The Kier molecular flexibility index (Phi) is 4.95.